The molecule has 1 amide bonds. The van der Waals surface area contributed by atoms with Crippen molar-refractivity contribution in [2.45, 2.75) is 25.3 Å². The summed E-state index contributed by atoms with van der Waals surface area (Å²) in [6.07, 6.45) is 4.04. The van der Waals surface area contributed by atoms with Crippen molar-refractivity contribution in [3.8, 4) is 0 Å². The Labute approximate surface area is 146 Å². The molecular formula is C18H19FN2O3S. The molecule has 0 aliphatic carbocycles. The lowest BCUT2D eigenvalue weighted by Gasteiger charge is -2.23. The normalized spacial score (nSPS) is 21.8. The smallest absolute Gasteiger partial charge is 0.253 e. The summed E-state index contributed by atoms with van der Waals surface area (Å²) >= 11 is 0. The van der Waals surface area contributed by atoms with Gasteiger partial charge in [0.05, 0.1) is 22.6 Å². The van der Waals surface area contributed by atoms with Crippen LogP contribution in [0.2, 0.25) is 0 Å². The van der Waals surface area contributed by atoms with Gasteiger partial charge in [-0.1, -0.05) is 12.1 Å². The van der Waals surface area contributed by atoms with Crippen LogP contribution in [0.4, 0.5) is 4.39 Å². The number of rotatable bonds is 4. The quantitative estimate of drug-likeness (QED) is 0.904. The highest BCUT2D eigenvalue weighted by atomic mass is 32.2. The second-order valence-electron chi connectivity index (χ2n) is 6.74. The molecule has 2 aromatic rings. The van der Waals surface area contributed by atoms with Gasteiger partial charge in [0.25, 0.3) is 5.91 Å². The first-order chi connectivity index (χ1) is 11.7. The summed E-state index contributed by atoms with van der Waals surface area (Å²) in [5.74, 6) is -0.594. The topological polar surface area (TPSA) is 76.1 Å². The molecule has 1 aliphatic heterocycles. The van der Waals surface area contributed by atoms with Crippen molar-refractivity contribution in [1.82, 2.24) is 10.3 Å². The van der Waals surface area contributed by atoms with Crippen LogP contribution in [0.25, 0.3) is 0 Å². The maximum absolute atomic E-state index is 13.0. The molecule has 5 nitrogen and oxygen atoms in total. The van der Waals surface area contributed by atoms with Crippen molar-refractivity contribution in [1.29, 1.82) is 0 Å². The molecule has 2 heterocycles. The summed E-state index contributed by atoms with van der Waals surface area (Å²) < 4.78 is 36.3. The summed E-state index contributed by atoms with van der Waals surface area (Å²) in [7, 11) is -3.10. The number of nitrogens with one attached hydrogen (secondary N) is 1. The van der Waals surface area contributed by atoms with Crippen molar-refractivity contribution >= 4 is 15.7 Å². The van der Waals surface area contributed by atoms with Crippen LogP contribution in [0.1, 0.15) is 34.8 Å². The summed E-state index contributed by atoms with van der Waals surface area (Å²) in [6.45, 7) is 1.74. The second-order valence-corrected chi connectivity index (χ2v) is 8.93. The van der Waals surface area contributed by atoms with Gasteiger partial charge >= 0.3 is 0 Å². The van der Waals surface area contributed by atoms with Gasteiger partial charge < -0.3 is 5.32 Å². The number of amides is 1. The first-order valence-corrected chi connectivity index (χ1v) is 9.78. The monoisotopic (exact) mass is 362 g/mol. The number of carbonyl (C=O) groups is 1. The number of pyridine rings is 1. The van der Waals surface area contributed by atoms with Crippen LogP contribution in [-0.4, -0.2) is 36.4 Å². The minimum absolute atomic E-state index is 0.0472. The largest absolute Gasteiger partial charge is 0.346 e. The maximum Gasteiger partial charge on any atom is 0.253 e. The van der Waals surface area contributed by atoms with Crippen LogP contribution >= 0.6 is 0 Å². The van der Waals surface area contributed by atoms with E-state index in [-0.39, 0.29) is 23.2 Å². The van der Waals surface area contributed by atoms with E-state index in [2.05, 4.69) is 10.3 Å². The van der Waals surface area contributed by atoms with E-state index in [1.165, 1.54) is 18.3 Å². The van der Waals surface area contributed by atoms with Gasteiger partial charge in [0.1, 0.15) is 5.82 Å². The standard InChI is InChI=1S/C18H19FN2O3S/c1-18(6-7-25(23,24)12-18)21-17(22)15-9-14(10-20-11-15)8-13-2-4-16(19)5-3-13/h2-5,9-11H,6-8,12H2,1H3,(H,21,22)/t18-/m0/s1. The summed E-state index contributed by atoms with van der Waals surface area (Å²) in [4.78, 5) is 16.6. The zero-order valence-corrected chi connectivity index (χ0v) is 14.6. The fourth-order valence-corrected chi connectivity index (χ4v) is 5.09. The van der Waals surface area contributed by atoms with Crippen molar-refractivity contribution in [3.05, 3.63) is 65.2 Å². The van der Waals surface area contributed by atoms with E-state index in [1.807, 2.05) is 0 Å². The molecule has 0 unspecified atom stereocenters. The maximum atomic E-state index is 13.0. The van der Waals surface area contributed by atoms with E-state index in [4.69, 9.17) is 0 Å². The first-order valence-electron chi connectivity index (χ1n) is 7.96. The van der Waals surface area contributed by atoms with Crippen molar-refractivity contribution in [2.75, 3.05) is 11.5 Å². The fraction of sp³-hybridized carbons (Fsp3) is 0.333. The number of hydrogen-bond donors (Lipinski definition) is 1. The summed E-state index contributed by atoms with van der Waals surface area (Å²) in [6, 6.07) is 7.87. The van der Waals surface area contributed by atoms with E-state index in [0.29, 0.717) is 18.4 Å². The molecule has 0 bridgehead atoms. The molecule has 132 valence electrons. The van der Waals surface area contributed by atoms with Gasteiger partial charge in [-0.25, -0.2) is 12.8 Å². The highest BCUT2D eigenvalue weighted by Crippen LogP contribution is 2.23. The molecule has 1 fully saturated rings. The van der Waals surface area contributed by atoms with Gasteiger partial charge in [-0.2, -0.15) is 0 Å². The summed E-state index contributed by atoms with van der Waals surface area (Å²) in [5, 5.41) is 2.82. The Balaban J connectivity index is 1.72. The SMILES string of the molecule is C[C@]1(NC(=O)c2cncc(Cc3ccc(F)cc3)c2)CCS(=O)(=O)C1. The van der Waals surface area contributed by atoms with Gasteiger partial charge in [0.2, 0.25) is 0 Å². The lowest BCUT2D eigenvalue weighted by molar-refractivity contribution is 0.0915. The molecule has 0 spiro atoms. The molecule has 1 aromatic carbocycles. The van der Waals surface area contributed by atoms with E-state index < -0.39 is 15.4 Å². The third kappa shape index (κ3) is 4.42. The molecule has 1 atom stereocenters. The van der Waals surface area contributed by atoms with E-state index >= 15 is 0 Å². The number of sulfone groups is 1. The first kappa shape index (κ1) is 17.5. The zero-order chi connectivity index (χ0) is 18.1. The Morgan fingerprint density at radius 2 is 1.96 bits per heavy atom. The molecule has 0 saturated carbocycles. The Hall–Kier alpha value is -2.28. The Bertz CT molecular complexity index is 897. The van der Waals surface area contributed by atoms with Gasteiger partial charge in [0, 0.05) is 12.4 Å². The van der Waals surface area contributed by atoms with Crippen molar-refractivity contribution < 1.29 is 17.6 Å². The Morgan fingerprint density at radius 3 is 2.60 bits per heavy atom. The van der Waals surface area contributed by atoms with Crippen molar-refractivity contribution in [2.24, 2.45) is 0 Å². The lowest BCUT2D eigenvalue weighted by Crippen LogP contribution is -2.46. The average molecular weight is 362 g/mol. The predicted molar refractivity (Wildman–Crippen MR) is 92.6 cm³/mol. The second kappa shape index (κ2) is 6.55. The molecule has 7 heteroatoms. The number of hydrogen-bond acceptors (Lipinski definition) is 4. The fourth-order valence-electron chi connectivity index (χ4n) is 3.00. The number of halogens is 1. The Kier molecular flexibility index (Phi) is 4.60. The highest BCUT2D eigenvalue weighted by Gasteiger charge is 2.39. The van der Waals surface area contributed by atoms with E-state index in [1.54, 1.807) is 31.3 Å². The Morgan fingerprint density at radius 1 is 1.24 bits per heavy atom. The van der Waals surface area contributed by atoms with Crippen LogP contribution in [0.3, 0.4) is 0 Å². The molecule has 1 N–H and O–H groups in total. The number of nitrogens with zero attached hydrogens (tertiary/aromatic N) is 1. The van der Waals surface area contributed by atoms with Gasteiger partial charge in [-0.15, -0.1) is 0 Å². The lowest BCUT2D eigenvalue weighted by atomic mass is 10.0. The number of aromatic nitrogens is 1. The number of benzene rings is 1. The molecule has 25 heavy (non-hydrogen) atoms. The molecular weight excluding hydrogens is 343 g/mol. The molecule has 1 aromatic heterocycles. The number of carbonyl (C=O) groups excluding carboxylic acids is 1. The van der Waals surface area contributed by atoms with Crippen LogP contribution in [0.15, 0.2) is 42.7 Å². The molecule has 3 rings (SSSR count). The van der Waals surface area contributed by atoms with Crippen LogP contribution < -0.4 is 5.32 Å². The molecule has 0 radical (unpaired) electrons. The zero-order valence-electron chi connectivity index (χ0n) is 13.8. The van der Waals surface area contributed by atoms with Crippen molar-refractivity contribution in [3.63, 3.8) is 0 Å². The van der Waals surface area contributed by atoms with E-state index in [9.17, 15) is 17.6 Å². The third-order valence-corrected chi connectivity index (χ3v) is 6.20. The van der Waals surface area contributed by atoms with Crippen LogP contribution in [0, 0.1) is 5.82 Å². The highest BCUT2D eigenvalue weighted by molar-refractivity contribution is 7.91. The van der Waals surface area contributed by atoms with Crippen LogP contribution in [0.5, 0.6) is 0 Å². The van der Waals surface area contributed by atoms with E-state index in [0.717, 1.165) is 11.1 Å². The molecule has 1 saturated heterocycles. The van der Waals surface area contributed by atoms with Gasteiger partial charge in [0.15, 0.2) is 9.84 Å². The minimum Gasteiger partial charge on any atom is -0.346 e. The average Bonchev–Trinajstić information content (AvgIpc) is 2.83. The molecule has 1 aliphatic rings. The summed E-state index contributed by atoms with van der Waals surface area (Å²) in [5.41, 5.74) is 1.37. The van der Waals surface area contributed by atoms with Gasteiger partial charge in [-0.05, 0) is 49.1 Å². The van der Waals surface area contributed by atoms with Gasteiger partial charge in [-0.3, -0.25) is 9.78 Å². The minimum atomic E-state index is -3.10. The third-order valence-electron chi connectivity index (χ3n) is 4.30. The predicted octanol–water partition coefficient (Wildman–Crippen LogP) is 2.12. The van der Waals surface area contributed by atoms with Crippen LogP contribution in [-0.2, 0) is 16.3 Å².